The van der Waals surface area contributed by atoms with Crippen molar-refractivity contribution in [2.24, 2.45) is 5.73 Å². The third-order valence-electron chi connectivity index (χ3n) is 2.30. The first-order valence-electron chi connectivity index (χ1n) is 5.33. The molecule has 0 aliphatic rings. The van der Waals surface area contributed by atoms with Crippen molar-refractivity contribution in [2.75, 3.05) is 18.0 Å². The van der Waals surface area contributed by atoms with Gasteiger partial charge in [0, 0.05) is 17.8 Å². The van der Waals surface area contributed by atoms with Gasteiger partial charge < -0.3 is 10.6 Å². The van der Waals surface area contributed by atoms with Crippen molar-refractivity contribution in [3.8, 4) is 0 Å². The number of hydrogen-bond acceptors (Lipinski definition) is 3. The Morgan fingerprint density at radius 1 is 1.44 bits per heavy atom. The molecule has 0 saturated heterocycles. The topological polar surface area (TPSA) is 42.1 Å². The second kappa shape index (κ2) is 5.51. The Labute approximate surface area is 109 Å². The van der Waals surface area contributed by atoms with E-state index in [0.29, 0.717) is 11.3 Å². The predicted octanol–water partition coefficient (Wildman–Crippen LogP) is 2.41. The van der Waals surface area contributed by atoms with E-state index in [0.717, 1.165) is 4.90 Å². The summed E-state index contributed by atoms with van der Waals surface area (Å²) in [7, 11) is 0. The van der Waals surface area contributed by atoms with Crippen LogP contribution in [0.2, 0.25) is 0 Å². The van der Waals surface area contributed by atoms with Crippen molar-refractivity contribution in [3.05, 3.63) is 23.4 Å². The second-order valence-electron chi connectivity index (χ2n) is 3.85. The van der Waals surface area contributed by atoms with E-state index in [4.69, 9.17) is 18.0 Å². The van der Waals surface area contributed by atoms with Gasteiger partial charge in [-0.15, -0.1) is 0 Å². The average Bonchev–Trinajstić information content (AvgIpc) is 2.23. The summed E-state index contributed by atoms with van der Waals surface area (Å²) in [5, 5.41) is 0. The maximum absolute atomic E-state index is 12.4. The minimum atomic E-state index is -4.27. The quantitative estimate of drug-likeness (QED) is 0.858. The highest BCUT2D eigenvalue weighted by Crippen LogP contribution is 2.21. The summed E-state index contributed by atoms with van der Waals surface area (Å²) in [4.78, 5) is 5.36. The number of aromatic nitrogens is 1. The zero-order valence-corrected chi connectivity index (χ0v) is 10.9. The molecule has 0 spiro atoms. The normalized spacial score (nSPS) is 11.4. The summed E-state index contributed by atoms with van der Waals surface area (Å²) in [6, 6.07) is 3.12. The van der Waals surface area contributed by atoms with Crippen LogP contribution in [0.25, 0.3) is 0 Å². The van der Waals surface area contributed by atoms with E-state index in [1.54, 1.807) is 19.9 Å². The van der Waals surface area contributed by atoms with E-state index in [2.05, 4.69) is 4.98 Å². The first-order chi connectivity index (χ1) is 8.23. The Kier molecular flexibility index (Phi) is 4.50. The van der Waals surface area contributed by atoms with Gasteiger partial charge in [-0.25, -0.2) is 4.98 Å². The summed E-state index contributed by atoms with van der Waals surface area (Å²) in [5.41, 5.74) is 6.58. The van der Waals surface area contributed by atoms with Crippen molar-refractivity contribution in [1.82, 2.24) is 4.98 Å². The molecule has 0 fully saturated rings. The molecule has 0 radical (unpaired) electrons. The van der Waals surface area contributed by atoms with Crippen LogP contribution in [0.1, 0.15) is 18.2 Å². The van der Waals surface area contributed by atoms with Crippen molar-refractivity contribution < 1.29 is 13.2 Å². The van der Waals surface area contributed by atoms with Crippen molar-refractivity contribution >= 4 is 23.0 Å². The molecular weight excluding hydrogens is 263 g/mol. The van der Waals surface area contributed by atoms with Crippen molar-refractivity contribution in [1.29, 1.82) is 0 Å². The summed E-state index contributed by atoms with van der Waals surface area (Å²) in [6.07, 6.45) is -4.27. The fraction of sp³-hybridized carbons (Fsp3) is 0.455. The summed E-state index contributed by atoms with van der Waals surface area (Å²) in [6.45, 7) is 2.48. The number of nitrogens with two attached hydrogens (primary N) is 1. The van der Waals surface area contributed by atoms with Gasteiger partial charge in [-0.1, -0.05) is 12.2 Å². The molecule has 1 aromatic rings. The monoisotopic (exact) mass is 277 g/mol. The lowest BCUT2D eigenvalue weighted by Crippen LogP contribution is -2.35. The Morgan fingerprint density at radius 2 is 2.06 bits per heavy atom. The SMILES string of the molecule is CCN(CC(F)(F)F)c1cc(C(N)=S)cc(C)n1. The molecule has 0 bridgehead atoms. The molecule has 0 aliphatic heterocycles. The molecule has 0 amide bonds. The maximum Gasteiger partial charge on any atom is 0.405 e. The van der Waals surface area contributed by atoms with Gasteiger partial charge in [0.05, 0.1) is 0 Å². The Hall–Kier alpha value is -1.37. The largest absolute Gasteiger partial charge is 0.405 e. The van der Waals surface area contributed by atoms with Gasteiger partial charge in [-0.3, -0.25) is 0 Å². The van der Waals surface area contributed by atoms with E-state index < -0.39 is 12.7 Å². The van der Waals surface area contributed by atoms with E-state index in [1.807, 2.05) is 0 Å². The summed E-state index contributed by atoms with van der Waals surface area (Å²) >= 11 is 4.82. The van der Waals surface area contributed by atoms with E-state index in [9.17, 15) is 13.2 Å². The zero-order valence-electron chi connectivity index (χ0n) is 10.1. The second-order valence-corrected chi connectivity index (χ2v) is 4.29. The van der Waals surface area contributed by atoms with Crippen molar-refractivity contribution in [3.63, 3.8) is 0 Å². The van der Waals surface area contributed by atoms with Crippen LogP contribution in [0, 0.1) is 6.92 Å². The molecule has 18 heavy (non-hydrogen) atoms. The fourth-order valence-corrected chi connectivity index (χ4v) is 1.64. The number of nitrogens with zero attached hydrogens (tertiary/aromatic N) is 2. The van der Waals surface area contributed by atoms with Gasteiger partial charge in [0.15, 0.2) is 0 Å². The summed E-state index contributed by atoms with van der Waals surface area (Å²) < 4.78 is 37.3. The number of pyridine rings is 1. The minimum absolute atomic E-state index is 0.143. The number of thiocarbonyl (C=S) groups is 1. The van der Waals surface area contributed by atoms with Crippen LogP contribution in [0.4, 0.5) is 19.0 Å². The third-order valence-corrected chi connectivity index (χ3v) is 2.54. The van der Waals surface area contributed by atoms with E-state index >= 15 is 0 Å². The third kappa shape index (κ3) is 4.14. The van der Waals surface area contributed by atoms with E-state index in [1.165, 1.54) is 6.07 Å². The number of anilines is 1. The Balaban J connectivity index is 3.09. The van der Waals surface area contributed by atoms with Crippen LogP contribution in [-0.4, -0.2) is 29.2 Å². The molecule has 0 saturated carbocycles. The molecule has 0 aliphatic carbocycles. The number of hydrogen-bond donors (Lipinski definition) is 1. The van der Waals surface area contributed by atoms with Gasteiger partial charge in [-0.05, 0) is 26.0 Å². The number of aryl methyl sites for hydroxylation is 1. The molecule has 100 valence electrons. The van der Waals surface area contributed by atoms with Crippen LogP contribution >= 0.6 is 12.2 Å². The molecule has 0 aromatic carbocycles. The molecule has 2 N–H and O–H groups in total. The highest BCUT2D eigenvalue weighted by atomic mass is 32.1. The van der Waals surface area contributed by atoms with E-state index in [-0.39, 0.29) is 17.4 Å². The van der Waals surface area contributed by atoms with Gasteiger partial charge in [-0.2, -0.15) is 13.2 Å². The number of halogens is 3. The lowest BCUT2D eigenvalue weighted by molar-refractivity contribution is -0.119. The lowest BCUT2D eigenvalue weighted by Gasteiger charge is -2.24. The van der Waals surface area contributed by atoms with Crippen LogP contribution in [0.5, 0.6) is 0 Å². The molecule has 1 aromatic heterocycles. The minimum Gasteiger partial charge on any atom is -0.389 e. The standard InChI is InChI=1S/C11H14F3N3S/c1-3-17(6-11(12,13)14)9-5-8(10(15)18)4-7(2)16-9/h4-5H,3,6H2,1-2H3,(H2,15,18). The van der Waals surface area contributed by atoms with Gasteiger partial charge in [0.2, 0.25) is 0 Å². The van der Waals surface area contributed by atoms with Crippen LogP contribution in [-0.2, 0) is 0 Å². The first-order valence-corrected chi connectivity index (χ1v) is 5.74. The molecule has 7 heteroatoms. The average molecular weight is 277 g/mol. The van der Waals surface area contributed by atoms with Crippen LogP contribution in [0.15, 0.2) is 12.1 Å². The molecule has 0 atom stereocenters. The number of alkyl halides is 3. The number of rotatable bonds is 4. The molecule has 1 rings (SSSR count). The Bertz CT molecular complexity index is 446. The highest BCUT2D eigenvalue weighted by Gasteiger charge is 2.30. The fourth-order valence-electron chi connectivity index (χ4n) is 1.53. The van der Waals surface area contributed by atoms with Gasteiger partial charge in [0.25, 0.3) is 0 Å². The lowest BCUT2D eigenvalue weighted by atomic mass is 10.2. The highest BCUT2D eigenvalue weighted by molar-refractivity contribution is 7.80. The summed E-state index contributed by atoms with van der Waals surface area (Å²) in [5.74, 6) is 0.234. The van der Waals surface area contributed by atoms with Crippen molar-refractivity contribution in [2.45, 2.75) is 20.0 Å². The smallest absolute Gasteiger partial charge is 0.389 e. The molecule has 1 heterocycles. The Morgan fingerprint density at radius 3 is 2.50 bits per heavy atom. The van der Waals surface area contributed by atoms with Crippen LogP contribution in [0.3, 0.4) is 0 Å². The van der Waals surface area contributed by atoms with Crippen LogP contribution < -0.4 is 10.6 Å². The molecule has 0 unspecified atom stereocenters. The molecule has 3 nitrogen and oxygen atoms in total. The first kappa shape index (κ1) is 14.7. The maximum atomic E-state index is 12.4. The van der Waals surface area contributed by atoms with Gasteiger partial charge >= 0.3 is 6.18 Å². The predicted molar refractivity (Wildman–Crippen MR) is 68.8 cm³/mol. The molecular formula is C11H14F3N3S. The van der Waals surface area contributed by atoms with Gasteiger partial charge in [0.1, 0.15) is 17.4 Å². The zero-order chi connectivity index (χ0) is 13.9.